The molecule has 36 heavy (non-hydrogen) atoms. The highest BCUT2D eigenvalue weighted by atomic mass is 19.1. The van der Waals surface area contributed by atoms with E-state index in [1.807, 2.05) is 0 Å². The number of benzene rings is 1. The number of hydrogen-bond donors (Lipinski definition) is 4. The Labute approximate surface area is 205 Å². The van der Waals surface area contributed by atoms with Gasteiger partial charge >= 0.3 is 0 Å². The molecule has 0 spiro atoms. The molecule has 11 heteroatoms. The summed E-state index contributed by atoms with van der Waals surface area (Å²) in [7, 11) is 0. The van der Waals surface area contributed by atoms with Crippen LogP contribution >= 0.6 is 0 Å². The third kappa shape index (κ3) is 4.36. The number of aliphatic hydroxyl groups is 1. The van der Waals surface area contributed by atoms with Crippen LogP contribution in [0.5, 0.6) is 0 Å². The van der Waals surface area contributed by atoms with Gasteiger partial charge in [-0.2, -0.15) is 0 Å². The van der Waals surface area contributed by atoms with Crippen molar-refractivity contribution in [3.8, 4) is 0 Å². The van der Waals surface area contributed by atoms with E-state index in [9.17, 15) is 33.1 Å². The van der Waals surface area contributed by atoms with Gasteiger partial charge in [-0.1, -0.05) is 0 Å². The van der Waals surface area contributed by atoms with Crippen LogP contribution in [0.15, 0.2) is 18.2 Å². The molecule has 3 amide bonds. The summed E-state index contributed by atoms with van der Waals surface area (Å²) in [5, 5.41) is 14.9. The van der Waals surface area contributed by atoms with Crippen LogP contribution in [0.1, 0.15) is 49.0 Å². The minimum Gasteiger partial charge on any atom is -0.389 e. The first-order valence-corrected chi connectivity index (χ1v) is 12.3. The monoisotopic (exact) mass is 502 g/mol. The van der Waals surface area contributed by atoms with Crippen molar-refractivity contribution < 1.29 is 33.1 Å². The van der Waals surface area contributed by atoms with Gasteiger partial charge in [0.15, 0.2) is 5.78 Å². The van der Waals surface area contributed by atoms with Crippen LogP contribution in [0.25, 0.3) is 10.9 Å². The molecule has 9 nitrogen and oxygen atoms in total. The Kier molecular flexibility index (Phi) is 6.50. The Morgan fingerprint density at radius 1 is 1.11 bits per heavy atom. The molecule has 2 aromatic rings. The maximum absolute atomic E-state index is 14.2. The number of amides is 3. The Hall–Kier alpha value is -3.34. The van der Waals surface area contributed by atoms with E-state index >= 15 is 0 Å². The highest BCUT2D eigenvalue weighted by molar-refractivity contribution is 6.01. The van der Waals surface area contributed by atoms with Gasteiger partial charge in [0.2, 0.25) is 11.8 Å². The number of aromatic amines is 1. The quantitative estimate of drug-likeness (QED) is 0.455. The maximum Gasteiger partial charge on any atom is 0.271 e. The Balaban J connectivity index is 1.41. The highest BCUT2D eigenvalue weighted by Crippen LogP contribution is 2.41. The summed E-state index contributed by atoms with van der Waals surface area (Å²) in [6.45, 7) is -0.295. The molecule has 4 fully saturated rings. The predicted molar refractivity (Wildman–Crippen MR) is 124 cm³/mol. The molecule has 3 saturated heterocycles. The van der Waals surface area contributed by atoms with Crippen LogP contribution in [-0.2, 0) is 14.4 Å². The van der Waals surface area contributed by atoms with Gasteiger partial charge in [0.05, 0.1) is 11.6 Å². The second kappa shape index (κ2) is 9.61. The number of ketones is 1. The average Bonchev–Trinajstić information content (AvgIpc) is 3.48. The number of carbonyl (C=O) groups is 4. The van der Waals surface area contributed by atoms with Crippen molar-refractivity contribution in [1.29, 1.82) is 0 Å². The van der Waals surface area contributed by atoms with Crippen molar-refractivity contribution >= 4 is 34.4 Å². The number of Topliss-reactive ketones (excluding diaryl/α,β-unsaturated/α-hetero) is 1. The summed E-state index contributed by atoms with van der Waals surface area (Å²) in [6, 6.07) is 1.04. The summed E-state index contributed by atoms with van der Waals surface area (Å²) in [5.41, 5.74) is 0.188. The molecular formula is C25H28F2N4O5. The highest BCUT2D eigenvalue weighted by Gasteiger charge is 2.48. The number of piperidine rings is 2. The summed E-state index contributed by atoms with van der Waals surface area (Å²) in [6.07, 6.45) is 3.50. The van der Waals surface area contributed by atoms with Crippen LogP contribution in [0.3, 0.4) is 0 Å². The standard InChI is InChI=1S/C25H28F2N4O5/c26-14-8-17(27)16-10-20(29-18(16)9-14)25(36)31-15-3-1-12(2-4-15)22(31)24(35)30-19(21(33)11-32)7-13-5-6-28-23(13)34/h8-10,12-13,15,19,22,29,32H,1-7,11H2,(H,28,34)(H,30,35). The van der Waals surface area contributed by atoms with E-state index in [2.05, 4.69) is 15.6 Å². The number of aliphatic hydroxyl groups excluding tert-OH is 1. The minimum atomic E-state index is -1.06. The Morgan fingerprint density at radius 3 is 2.53 bits per heavy atom. The van der Waals surface area contributed by atoms with Gasteiger partial charge in [-0.05, 0) is 56.6 Å². The average molecular weight is 503 g/mol. The first kappa shape index (κ1) is 24.4. The summed E-state index contributed by atoms with van der Waals surface area (Å²) >= 11 is 0. The molecule has 4 N–H and O–H groups in total. The van der Waals surface area contributed by atoms with E-state index in [1.165, 1.54) is 11.0 Å². The smallest absolute Gasteiger partial charge is 0.271 e. The molecule has 3 unspecified atom stereocenters. The van der Waals surface area contributed by atoms with E-state index in [1.54, 1.807) is 0 Å². The lowest BCUT2D eigenvalue weighted by molar-refractivity contribution is -0.137. The molecule has 1 aromatic carbocycles. The maximum atomic E-state index is 14.2. The van der Waals surface area contributed by atoms with Gasteiger partial charge in [0.25, 0.3) is 5.91 Å². The zero-order chi connectivity index (χ0) is 25.6. The number of hydrogen-bond acceptors (Lipinski definition) is 5. The number of nitrogens with one attached hydrogen (secondary N) is 3. The van der Waals surface area contributed by atoms with E-state index in [0.29, 0.717) is 25.8 Å². The molecule has 0 radical (unpaired) electrons. The van der Waals surface area contributed by atoms with Crippen molar-refractivity contribution in [3.05, 3.63) is 35.5 Å². The van der Waals surface area contributed by atoms with Gasteiger partial charge in [-0.15, -0.1) is 0 Å². The number of fused-ring (bicyclic) bond motifs is 4. The van der Waals surface area contributed by atoms with Crippen LogP contribution in [0.2, 0.25) is 0 Å². The molecular weight excluding hydrogens is 474 g/mol. The lowest BCUT2D eigenvalue weighted by Crippen LogP contribution is -2.64. The summed E-state index contributed by atoms with van der Waals surface area (Å²) in [5.74, 6) is -3.96. The van der Waals surface area contributed by atoms with Crippen molar-refractivity contribution in [2.45, 2.75) is 56.7 Å². The minimum absolute atomic E-state index is 0.0467. The predicted octanol–water partition coefficient (Wildman–Crippen LogP) is 1.40. The number of aromatic nitrogens is 1. The van der Waals surface area contributed by atoms with Gasteiger partial charge < -0.3 is 25.6 Å². The van der Waals surface area contributed by atoms with E-state index < -0.39 is 53.8 Å². The van der Waals surface area contributed by atoms with Gasteiger partial charge in [0, 0.05) is 30.0 Å². The molecule has 1 aromatic heterocycles. The van der Waals surface area contributed by atoms with Crippen molar-refractivity contribution in [2.24, 2.45) is 11.8 Å². The number of H-pyrrole nitrogens is 1. The first-order valence-electron chi connectivity index (χ1n) is 12.3. The lowest BCUT2D eigenvalue weighted by Gasteiger charge is -2.50. The van der Waals surface area contributed by atoms with Crippen molar-refractivity contribution in [1.82, 2.24) is 20.5 Å². The van der Waals surface area contributed by atoms with Crippen LogP contribution in [0, 0.1) is 23.5 Å². The first-order chi connectivity index (χ1) is 17.3. The van der Waals surface area contributed by atoms with Crippen LogP contribution in [0.4, 0.5) is 8.78 Å². The third-order valence-corrected chi connectivity index (χ3v) is 7.81. The zero-order valence-corrected chi connectivity index (χ0v) is 19.6. The van der Waals surface area contributed by atoms with E-state index in [0.717, 1.165) is 25.0 Å². The topological polar surface area (TPSA) is 132 Å². The Morgan fingerprint density at radius 2 is 1.86 bits per heavy atom. The zero-order valence-electron chi connectivity index (χ0n) is 19.6. The second-order valence-corrected chi connectivity index (χ2v) is 9.96. The van der Waals surface area contributed by atoms with Crippen LogP contribution < -0.4 is 10.6 Å². The summed E-state index contributed by atoms with van der Waals surface area (Å²) in [4.78, 5) is 55.9. The molecule has 1 saturated carbocycles. The number of halogens is 2. The van der Waals surface area contributed by atoms with Gasteiger partial charge in [0.1, 0.15) is 30.0 Å². The number of carbonyl (C=O) groups excluding carboxylic acids is 4. The van der Waals surface area contributed by atoms with E-state index in [-0.39, 0.29) is 40.9 Å². The molecule has 6 rings (SSSR count). The number of rotatable bonds is 7. The van der Waals surface area contributed by atoms with Gasteiger partial charge in [-0.3, -0.25) is 19.2 Å². The fraction of sp³-hybridized carbons (Fsp3) is 0.520. The normalized spacial score (nSPS) is 26.2. The second-order valence-electron chi connectivity index (χ2n) is 9.96. The SMILES string of the molecule is O=C1NCCC1CC(NC(=O)C1C2CCC(CC2)N1C(=O)c1cc2c(F)cc(F)cc2[nH]1)C(=O)CO. The third-order valence-electron chi connectivity index (χ3n) is 7.81. The lowest BCUT2D eigenvalue weighted by atomic mass is 9.74. The fourth-order valence-electron chi connectivity index (χ4n) is 5.99. The molecule has 4 heterocycles. The van der Waals surface area contributed by atoms with Crippen LogP contribution in [-0.4, -0.2) is 69.8 Å². The molecule has 3 atom stereocenters. The Bertz CT molecular complexity index is 1220. The van der Waals surface area contributed by atoms with Crippen molar-refractivity contribution in [2.75, 3.05) is 13.2 Å². The fourth-order valence-corrected chi connectivity index (χ4v) is 5.99. The van der Waals surface area contributed by atoms with Crippen molar-refractivity contribution in [3.63, 3.8) is 0 Å². The molecule has 4 aliphatic rings. The molecule has 1 aliphatic carbocycles. The summed E-state index contributed by atoms with van der Waals surface area (Å²) < 4.78 is 27.9. The molecule has 2 bridgehead atoms. The largest absolute Gasteiger partial charge is 0.389 e. The van der Waals surface area contributed by atoms with Gasteiger partial charge in [-0.25, -0.2) is 8.78 Å². The molecule has 3 aliphatic heterocycles. The van der Waals surface area contributed by atoms with E-state index in [4.69, 9.17) is 0 Å². The number of nitrogens with zero attached hydrogens (tertiary/aromatic N) is 1. The molecule has 192 valence electrons.